The Bertz CT molecular complexity index is 814. The first kappa shape index (κ1) is 14.2. The van der Waals surface area contributed by atoms with Crippen LogP contribution in [0, 0.1) is 17.8 Å². The van der Waals surface area contributed by atoms with Crippen molar-refractivity contribution in [1.29, 1.82) is 0 Å². The molecule has 2 aromatic carbocycles. The van der Waals surface area contributed by atoms with Crippen molar-refractivity contribution < 1.29 is 4.79 Å². The molecule has 4 aliphatic rings. The fraction of sp³-hybridized carbons (Fsp3) is 0.348. The molecule has 6 rings (SSSR count). The van der Waals surface area contributed by atoms with Crippen LogP contribution in [0.15, 0.2) is 60.7 Å². The van der Waals surface area contributed by atoms with Crippen LogP contribution in [0.4, 0.5) is 0 Å². The van der Waals surface area contributed by atoms with Gasteiger partial charge in [-0.25, -0.2) is 0 Å². The summed E-state index contributed by atoms with van der Waals surface area (Å²) in [5.41, 5.74) is 6.85. The first-order chi connectivity index (χ1) is 11.7. The molecule has 1 saturated carbocycles. The van der Waals surface area contributed by atoms with Gasteiger partial charge in [0.1, 0.15) is 5.78 Å². The summed E-state index contributed by atoms with van der Waals surface area (Å²) in [6, 6.07) is 17.6. The number of allylic oxidation sites excluding steroid dienone is 1. The van der Waals surface area contributed by atoms with Gasteiger partial charge in [-0.2, -0.15) is 0 Å². The Morgan fingerprint density at radius 3 is 1.96 bits per heavy atom. The SMILES string of the molecule is C=C(C)C[C@@H]1C[C@@H]2C3c4ccccc4C(c4ccccc43)[C@@H]2C1=O. The number of ketones is 1. The van der Waals surface area contributed by atoms with E-state index in [1.165, 1.54) is 22.3 Å². The van der Waals surface area contributed by atoms with E-state index in [0.717, 1.165) is 18.4 Å². The highest BCUT2D eigenvalue weighted by Gasteiger charge is 2.57. The van der Waals surface area contributed by atoms with E-state index in [2.05, 4.69) is 55.1 Å². The summed E-state index contributed by atoms with van der Waals surface area (Å²) < 4.78 is 0. The Labute approximate surface area is 143 Å². The number of carbonyl (C=O) groups is 1. The van der Waals surface area contributed by atoms with Gasteiger partial charge < -0.3 is 0 Å². The minimum Gasteiger partial charge on any atom is -0.299 e. The monoisotopic (exact) mass is 314 g/mol. The molecule has 4 aliphatic carbocycles. The maximum Gasteiger partial charge on any atom is 0.140 e. The number of rotatable bonds is 2. The van der Waals surface area contributed by atoms with Gasteiger partial charge in [0.2, 0.25) is 0 Å². The molecule has 24 heavy (non-hydrogen) atoms. The molecule has 1 nitrogen and oxygen atoms in total. The molecule has 0 aromatic heterocycles. The maximum atomic E-state index is 13.2. The second-order valence-corrected chi connectivity index (χ2v) is 7.90. The van der Waals surface area contributed by atoms with Crippen molar-refractivity contribution in [2.45, 2.75) is 31.6 Å². The third-order valence-electron chi connectivity index (χ3n) is 6.46. The zero-order valence-electron chi connectivity index (χ0n) is 14.0. The van der Waals surface area contributed by atoms with Crippen LogP contribution in [0.1, 0.15) is 53.9 Å². The smallest absolute Gasteiger partial charge is 0.140 e. The Hall–Kier alpha value is -2.15. The Balaban J connectivity index is 1.70. The van der Waals surface area contributed by atoms with Crippen molar-refractivity contribution in [3.8, 4) is 0 Å². The number of carbonyl (C=O) groups excluding carboxylic acids is 1. The summed E-state index contributed by atoms with van der Waals surface area (Å²) in [5, 5.41) is 0. The average Bonchev–Trinajstić information content (AvgIpc) is 2.91. The molecule has 0 N–H and O–H groups in total. The van der Waals surface area contributed by atoms with E-state index in [-0.39, 0.29) is 17.8 Å². The molecule has 0 radical (unpaired) electrons. The van der Waals surface area contributed by atoms with E-state index in [1.807, 2.05) is 6.92 Å². The molecule has 0 saturated heterocycles. The molecule has 1 heteroatoms. The van der Waals surface area contributed by atoms with Crippen LogP contribution in [0.25, 0.3) is 0 Å². The molecule has 0 spiro atoms. The molecular formula is C23H22O. The van der Waals surface area contributed by atoms with Gasteiger partial charge in [0.15, 0.2) is 0 Å². The highest BCUT2D eigenvalue weighted by molar-refractivity contribution is 5.89. The zero-order valence-corrected chi connectivity index (χ0v) is 14.0. The topological polar surface area (TPSA) is 17.1 Å². The number of hydrogen-bond acceptors (Lipinski definition) is 1. The average molecular weight is 314 g/mol. The zero-order chi connectivity index (χ0) is 16.4. The lowest BCUT2D eigenvalue weighted by Crippen LogP contribution is -2.39. The van der Waals surface area contributed by atoms with Crippen LogP contribution in [-0.2, 0) is 4.79 Å². The van der Waals surface area contributed by atoms with Gasteiger partial charge in [0.25, 0.3) is 0 Å². The van der Waals surface area contributed by atoms with Gasteiger partial charge in [-0.15, -0.1) is 6.58 Å². The molecule has 0 heterocycles. The second-order valence-electron chi connectivity index (χ2n) is 7.90. The predicted molar refractivity (Wildman–Crippen MR) is 96.1 cm³/mol. The van der Waals surface area contributed by atoms with Gasteiger partial charge in [-0.1, -0.05) is 54.1 Å². The predicted octanol–water partition coefficient (Wildman–Crippen LogP) is 5.07. The highest BCUT2D eigenvalue weighted by atomic mass is 16.1. The lowest BCUT2D eigenvalue weighted by molar-refractivity contribution is -0.125. The first-order valence-electron chi connectivity index (χ1n) is 9.02. The summed E-state index contributed by atoms with van der Waals surface area (Å²) in [5.74, 6) is 1.95. The largest absolute Gasteiger partial charge is 0.299 e. The van der Waals surface area contributed by atoms with Crippen LogP contribution in [-0.4, -0.2) is 5.78 Å². The van der Waals surface area contributed by atoms with Crippen molar-refractivity contribution in [2.75, 3.05) is 0 Å². The second kappa shape index (κ2) is 4.92. The van der Waals surface area contributed by atoms with E-state index in [0.29, 0.717) is 17.6 Å². The Kier molecular flexibility index (Phi) is 2.92. The van der Waals surface area contributed by atoms with Gasteiger partial charge in [0.05, 0.1) is 0 Å². The molecule has 0 aliphatic heterocycles. The van der Waals surface area contributed by atoms with E-state index < -0.39 is 0 Å². The van der Waals surface area contributed by atoms with Crippen molar-refractivity contribution in [1.82, 2.24) is 0 Å². The lowest BCUT2D eigenvalue weighted by Gasteiger charge is -2.47. The maximum absolute atomic E-state index is 13.2. The molecule has 0 amide bonds. The first-order valence-corrected chi connectivity index (χ1v) is 9.02. The van der Waals surface area contributed by atoms with E-state index >= 15 is 0 Å². The fourth-order valence-electron chi connectivity index (χ4n) is 5.77. The van der Waals surface area contributed by atoms with Gasteiger partial charge in [0, 0.05) is 23.7 Å². The summed E-state index contributed by atoms with van der Waals surface area (Å²) in [7, 11) is 0. The van der Waals surface area contributed by atoms with Gasteiger partial charge >= 0.3 is 0 Å². The quantitative estimate of drug-likeness (QED) is 0.708. The minimum absolute atomic E-state index is 0.171. The molecule has 2 aromatic rings. The molecule has 120 valence electrons. The molecule has 3 atom stereocenters. The van der Waals surface area contributed by atoms with Gasteiger partial charge in [-0.05, 0) is 47.9 Å². The van der Waals surface area contributed by atoms with Crippen LogP contribution in [0.2, 0.25) is 0 Å². The van der Waals surface area contributed by atoms with Crippen LogP contribution in [0.3, 0.4) is 0 Å². The van der Waals surface area contributed by atoms with E-state index in [4.69, 9.17) is 0 Å². The molecule has 0 unspecified atom stereocenters. The minimum atomic E-state index is 0.171. The van der Waals surface area contributed by atoms with E-state index in [9.17, 15) is 4.79 Å². The Morgan fingerprint density at radius 2 is 1.46 bits per heavy atom. The summed E-state index contributed by atoms with van der Waals surface area (Å²) >= 11 is 0. The summed E-state index contributed by atoms with van der Waals surface area (Å²) in [4.78, 5) is 13.2. The molecular weight excluding hydrogens is 292 g/mol. The molecule has 1 fully saturated rings. The third-order valence-corrected chi connectivity index (χ3v) is 6.46. The standard InChI is InChI=1S/C23H22O/c1-13(2)11-14-12-19-20-15-7-3-5-9-17(15)21(22(19)23(14)24)18-10-6-4-8-16(18)20/h3-10,14,19-22H,1,11-12H2,2H3/t14-,19-,20?,21?,22-/m1/s1. The lowest BCUT2D eigenvalue weighted by atomic mass is 9.55. The fourth-order valence-corrected chi connectivity index (χ4v) is 5.77. The van der Waals surface area contributed by atoms with Crippen LogP contribution < -0.4 is 0 Å². The number of benzene rings is 2. The van der Waals surface area contributed by atoms with E-state index in [1.54, 1.807) is 0 Å². The van der Waals surface area contributed by atoms with Crippen LogP contribution >= 0.6 is 0 Å². The van der Waals surface area contributed by atoms with Crippen molar-refractivity contribution in [3.63, 3.8) is 0 Å². The van der Waals surface area contributed by atoms with Crippen LogP contribution in [0.5, 0.6) is 0 Å². The highest BCUT2D eigenvalue weighted by Crippen LogP contribution is 2.63. The Morgan fingerprint density at radius 1 is 0.958 bits per heavy atom. The third kappa shape index (κ3) is 1.73. The number of Topliss-reactive ketones (excluding diaryl/α,β-unsaturated/α-hetero) is 1. The van der Waals surface area contributed by atoms with Gasteiger partial charge in [-0.3, -0.25) is 4.79 Å². The number of hydrogen-bond donors (Lipinski definition) is 0. The van der Waals surface area contributed by atoms with Crippen molar-refractivity contribution in [2.24, 2.45) is 17.8 Å². The summed E-state index contributed by atoms with van der Waals surface area (Å²) in [6.07, 6.45) is 1.89. The normalized spacial score (nSPS) is 32.2. The molecule has 2 bridgehead atoms. The summed E-state index contributed by atoms with van der Waals surface area (Å²) in [6.45, 7) is 6.10. The van der Waals surface area contributed by atoms with Crippen molar-refractivity contribution in [3.05, 3.63) is 82.9 Å². The van der Waals surface area contributed by atoms with Crippen molar-refractivity contribution >= 4 is 5.78 Å².